The molecule has 1 saturated heterocycles. The van der Waals surface area contributed by atoms with Gasteiger partial charge in [-0.05, 0) is 60.5 Å². The van der Waals surface area contributed by atoms with E-state index in [2.05, 4.69) is 26.3 Å². The summed E-state index contributed by atoms with van der Waals surface area (Å²) in [6, 6.07) is 8.82. The zero-order valence-corrected chi connectivity index (χ0v) is 32.2. The molecule has 5 amide bonds. The quantitative estimate of drug-likeness (QED) is 0.195. The van der Waals surface area contributed by atoms with E-state index in [4.69, 9.17) is 0 Å². The smallest absolute Gasteiger partial charge is 0.290 e. The van der Waals surface area contributed by atoms with E-state index in [-0.39, 0.29) is 24.0 Å². The molecule has 1 aromatic carbocycles. The van der Waals surface area contributed by atoms with Crippen molar-refractivity contribution in [2.24, 2.45) is 22.7 Å². The van der Waals surface area contributed by atoms with Crippen molar-refractivity contribution in [3.8, 4) is 0 Å². The number of likely N-dealkylation sites (tertiary alicyclic amines) is 1. The summed E-state index contributed by atoms with van der Waals surface area (Å²) >= 11 is 0. The number of carbonyl (C=O) groups excluding carboxylic acids is 6. The fourth-order valence-electron chi connectivity index (χ4n) is 7.44. The fraction of sp³-hybridized carbons (Fsp3) is 0.575. The lowest BCUT2D eigenvalue weighted by molar-refractivity contribution is -0.146. The van der Waals surface area contributed by atoms with Gasteiger partial charge in [-0.2, -0.15) is 0 Å². The molecule has 1 aliphatic heterocycles. The Morgan fingerprint density at radius 1 is 0.830 bits per heavy atom. The second-order valence-electron chi connectivity index (χ2n) is 16.6. The van der Waals surface area contributed by atoms with E-state index >= 15 is 0 Å². The van der Waals surface area contributed by atoms with Crippen molar-refractivity contribution in [2.75, 3.05) is 6.54 Å². The summed E-state index contributed by atoms with van der Waals surface area (Å²) in [5.74, 6) is -3.82. The largest absolute Gasteiger partial charge is 0.344 e. The maximum atomic E-state index is 14.6. The number of aromatic nitrogens is 1. The van der Waals surface area contributed by atoms with Gasteiger partial charge in [-0.15, -0.1) is 0 Å². The molecule has 1 aromatic heterocycles. The molecule has 0 radical (unpaired) electrons. The summed E-state index contributed by atoms with van der Waals surface area (Å²) < 4.78 is 0. The van der Waals surface area contributed by atoms with Crippen LogP contribution < -0.4 is 26.8 Å². The molecule has 53 heavy (non-hydrogen) atoms. The number of rotatable bonds is 13. The van der Waals surface area contributed by atoms with E-state index in [1.54, 1.807) is 27.7 Å². The first-order chi connectivity index (χ1) is 24.8. The van der Waals surface area contributed by atoms with Crippen LogP contribution in [0.1, 0.15) is 110 Å². The number of nitrogens with zero attached hydrogens (tertiary/aromatic N) is 1. The minimum absolute atomic E-state index is 0.0106. The van der Waals surface area contributed by atoms with E-state index in [9.17, 15) is 33.6 Å². The lowest BCUT2D eigenvalue weighted by Crippen LogP contribution is -2.63. The molecule has 2 heterocycles. The number of carbonyl (C=O) groups is 6. The van der Waals surface area contributed by atoms with Crippen LogP contribution in [0.25, 0.3) is 0 Å². The Labute approximate surface area is 311 Å². The van der Waals surface area contributed by atoms with Crippen LogP contribution in [0.3, 0.4) is 0 Å². The molecule has 13 nitrogen and oxygen atoms in total. The van der Waals surface area contributed by atoms with Crippen LogP contribution >= 0.6 is 0 Å². The van der Waals surface area contributed by atoms with Crippen molar-refractivity contribution < 1.29 is 28.8 Å². The van der Waals surface area contributed by atoms with E-state index in [1.807, 2.05) is 58.0 Å². The van der Waals surface area contributed by atoms with Gasteiger partial charge in [0, 0.05) is 12.6 Å². The molecule has 2 aliphatic rings. The summed E-state index contributed by atoms with van der Waals surface area (Å²) in [4.78, 5) is 98.4. The number of H-pyrrole nitrogens is 1. The number of hydrogen-bond donors (Lipinski definition) is 5. The third-order valence-corrected chi connectivity index (χ3v) is 10.3. The Bertz CT molecular complexity index is 1730. The number of Topliss-reactive ketones (excluding diaryl/α,β-unsaturated/α-hetero) is 1. The molecule has 2 fully saturated rings. The van der Waals surface area contributed by atoms with Crippen LogP contribution in [0.15, 0.2) is 53.3 Å². The topological polar surface area (TPSA) is 187 Å². The van der Waals surface area contributed by atoms with Gasteiger partial charge in [-0.1, -0.05) is 97.7 Å². The average molecular weight is 733 g/mol. The molecule has 0 unspecified atom stereocenters. The zero-order chi connectivity index (χ0) is 39.2. The van der Waals surface area contributed by atoms with Gasteiger partial charge in [0.25, 0.3) is 11.8 Å². The number of fused-ring (bicyclic) bond motifs is 1. The second-order valence-corrected chi connectivity index (χ2v) is 16.6. The first-order valence-corrected chi connectivity index (χ1v) is 18.6. The van der Waals surface area contributed by atoms with Gasteiger partial charge in [-0.25, -0.2) is 0 Å². The van der Waals surface area contributed by atoms with Gasteiger partial charge in [-0.3, -0.25) is 33.6 Å². The summed E-state index contributed by atoms with van der Waals surface area (Å²) in [5.41, 5.74) is -1.24. The highest BCUT2D eigenvalue weighted by molar-refractivity contribution is 6.38. The minimum atomic E-state index is -1.09. The lowest BCUT2D eigenvalue weighted by Gasteiger charge is -2.38. The summed E-state index contributed by atoms with van der Waals surface area (Å²) in [5, 5.41) is 11.2. The van der Waals surface area contributed by atoms with Crippen LogP contribution in [-0.4, -0.2) is 75.9 Å². The van der Waals surface area contributed by atoms with E-state index in [0.29, 0.717) is 13.0 Å². The van der Waals surface area contributed by atoms with Crippen LogP contribution in [0.5, 0.6) is 0 Å². The van der Waals surface area contributed by atoms with Gasteiger partial charge < -0.3 is 31.2 Å². The van der Waals surface area contributed by atoms with E-state index < -0.39 is 81.9 Å². The van der Waals surface area contributed by atoms with Crippen molar-refractivity contribution in [1.82, 2.24) is 31.2 Å². The Morgan fingerprint density at radius 3 is 2.09 bits per heavy atom. The third-order valence-electron chi connectivity index (χ3n) is 10.3. The van der Waals surface area contributed by atoms with E-state index in [1.165, 1.54) is 23.1 Å². The summed E-state index contributed by atoms with van der Waals surface area (Å²) in [6.07, 6.45) is 3.23. The monoisotopic (exact) mass is 732 g/mol. The molecule has 7 atom stereocenters. The molecular formula is C40H56N6O7. The van der Waals surface area contributed by atoms with Crippen molar-refractivity contribution in [3.05, 3.63) is 70.1 Å². The number of pyridine rings is 1. The van der Waals surface area contributed by atoms with Gasteiger partial charge in [0.1, 0.15) is 23.8 Å². The highest BCUT2D eigenvalue weighted by Crippen LogP contribution is 2.43. The maximum Gasteiger partial charge on any atom is 0.290 e. The van der Waals surface area contributed by atoms with Gasteiger partial charge >= 0.3 is 0 Å². The molecule has 1 aliphatic carbocycles. The highest BCUT2D eigenvalue weighted by Gasteiger charge is 2.52. The zero-order valence-electron chi connectivity index (χ0n) is 32.2. The molecule has 5 N–H and O–H groups in total. The Kier molecular flexibility index (Phi) is 13.1. The molecule has 0 spiro atoms. The normalized spacial score (nSPS) is 20.7. The standard InChI is InChI=1S/C40H56N6O7/c1-9-15-27(31(48)36(51)41-23(2)24-16-11-10-12-17-24)43-35(50)30-26-19-13-18-25(26)22-46(30)38(53)33(40(6,7)8)45-37(52)32(39(3,4)5)44-34(49)28-20-14-21-29(47)42-28/h10-12,14,16-17,20-21,23,25-27,30,32-33H,9,13,15,18-19,22H2,1-8H3,(H,41,51)(H,42,47)(H,43,50)(H,44,49)(H,45,52)/t23-,25-,26-,27+,30-,32-,33+/m0/s1. The van der Waals surface area contributed by atoms with Crippen molar-refractivity contribution >= 4 is 35.3 Å². The molecular weight excluding hydrogens is 676 g/mol. The van der Waals surface area contributed by atoms with Crippen LogP contribution in [0.2, 0.25) is 0 Å². The fourth-order valence-corrected chi connectivity index (χ4v) is 7.44. The summed E-state index contributed by atoms with van der Waals surface area (Å²) in [6.45, 7) is 14.7. The Balaban J connectivity index is 1.55. The maximum absolute atomic E-state index is 14.6. The average Bonchev–Trinajstić information content (AvgIpc) is 3.70. The molecule has 288 valence electrons. The summed E-state index contributed by atoms with van der Waals surface area (Å²) in [7, 11) is 0. The van der Waals surface area contributed by atoms with Crippen LogP contribution in [0, 0.1) is 22.7 Å². The van der Waals surface area contributed by atoms with Crippen LogP contribution in [-0.2, 0) is 24.0 Å². The van der Waals surface area contributed by atoms with Crippen molar-refractivity contribution in [2.45, 2.75) is 118 Å². The lowest BCUT2D eigenvalue weighted by atomic mass is 9.82. The first-order valence-electron chi connectivity index (χ1n) is 18.6. The third kappa shape index (κ3) is 10.00. The molecule has 13 heteroatoms. The number of aromatic amines is 1. The molecule has 4 rings (SSSR count). The number of hydrogen-bond acceptors (Lipinski definition) is 7. The number of ketones is 1. The predicted octanol–water partition coefficient (Wildman–Crippen LogP) is 3.41. The molecule has 0 bridgehead atoms. The van der Waals surface area contributed by atoms with Crippen LogP contribution in [0.4, 0.5) is 0 Å². The number of nitrogens with one attached hydrogen (secondary N) is 5. The molecule has 2 aromatic rings. The highest BCUT2D eigenvalue weighted by atomic mass is 16.2. The number of amides is 5. The predicted molar refractivity (Wildman–Crippen MR) is 200 cm³/mol. The van der Waals surface area contributed by atoms with Crippen molar-refractivity contribution in [1.29, 1.82) is 0 Å². The van der Waals surface area contributed by atoms with Gasteiger partial charge in [0.05, 0.1) is 12.1 Å². The first kappa shape index (κ1) is 41.0. The Hall–Kier alpha value is -4.81. The van der Waals surface area contributed by atoms with Gasteiger partial charge in [0.2, 0.25) is 29.1 Å². The minimum Gasteiger partial charge on any atom is -0.344 e. The number of benzene rings is 1. The Morgan fingerprint density at radius 2 is 1.49 bits per heavy atom. The van der Waals surface area contributed by atoms with E-state index in [0.717, 1.165) is 24.8 Å². The second kappa shape index (κ2) is 16.9. The molecule has 1 saturated carbocycles. The SMILES string of the molecule is CCC[C@@H](NC(=O)[C@@H]1[C@H]2CCC[C@H]2CN1C(=O)[C@@H](NC(=O)[C@H](NC(=O)c1cccc(=O)[nH]1)C(C)(C)C)C(C)(C)C)C(=O)C(=O)N[C@@H](C)c1ccccc1. The van der Waals surface area contributed by atoms with Gasteiger partial charge in [0.15, 0.2) is 0 Å². The van der Waals surface area contributed by atoms with Crippen molar-refractivity contribution in [3.63, 3.8) is 0 Å².